The van der Waals surface area contributed by atoms with E-state index in [2.05, 4.69) is 58.1 Å². The number of imide groups is 1. The maximum absolute atomic E-state index is 12.8. The van der Waals surface area contributed by atoms with Gasteiger partial charge in [0.15, 0.2) is 5.96 Å². The smallest absolute Gasteiger partial charge is 0.233 e. The van der Waals surface area contributed by atoms with E-state index >= 15 is 0 Å². The molecule has 1 aromatic rings. The Balaban J connectivity index is 1.10. The van der Waals surface area contributed by atoms with Crippen molar-refractivity contribution in [2.75, 3.05) is 26.7 Å². The number of allylic oxidation sites excluding steroid dienone is 2. The van der Waals surface area contributed by atoms with Crippen LogP contribution < -0.4 is 10.6 Å². The number of carbonyl (C=O) groups excluding carboxylic acids is 2. The molecule has 4 unspecified atom stereocenters. The summed E-state index contributed by atoms with van der Waals surface area (Å²) in [6.45, 7) is 1.80. The van der Waals surface area contributed by atoms with Gasteiger partial charge >= 0.3 is 0 Å². The van der Waals surface area contributed by atoms with Crippen molar-refractivity contribution in [1.29, 1.82) is 0 Å². The van der Waals surface area contributed by atoms with Crippen molar-refractivity contribution >= 4 is 17.8 Å². The number of rotatable bonds is 7. The molecule has 6 nitrogen and oxygen atoms in total. The van der Waals surface area contributed by atoms with Crippen molar-refractivity contribution < 1.29 is 9.59 Å². The van der Waals surface area contributed by atoms with Gasteiger partial charge < -0.3 is 10.6 Å². The van der Waals surface area contributed by atoms with E-state index in [1.54, 1.807) is 7.05 Å². The first kappa shape index (κ1) is 19.3. The number of nitrogens with zero attached hydrogens (tertiary/aromatic N) is 2. The molecular weight excluding hydrogens is 376 g/mol. The van der Waals surface area contributed by atoms with E-state index in [-0.39, 0.29) is 35.5 Å². The second kappa shape index (κ2) is 7.56. The van der Waals surface area contributed by atoms with Gasteiger partial charge in [0.25, 0.3) is 0 Å². The van der Waals surface area contributed by atoms with E-state index in [9.17, 15) is 9.59 Å². The molecule has 0 aromatic heterocycles. The first-order valence-corrected chi connectivity index (χ1v) is 11.1. The van der Waals surface area contributed by atoms with Crippen LogP contribution >= 0.6 is 0 Å². The number of guanidine groups is 1. The molecule has 1 saturated heterocycles. The van der Waals surface area contributed by atoms with Crippen molar-refractivity contribution in [2.24, 2.45) is 34.1 Å². The highest BCUT2D eigenvalue weighted by Crippen LogP contribution is 2.52. The topological polar surface area (TPSA) is 73.8 Å². The second-order valence-corrected chi connectivity index (χ2v) is 9.34. The standard InChI is InChI=1S/C24H30N4O2/c1-25-23(27-15-24(9-10-24)14-16-5-3-2-4-6-16)26-11-12-28-21(29)19-17-7-8-18(13-17)20(19)22(28)30/h2-8,17-20H,9-15H2,1H3,(H2,25,26,27). The molecule has 2 bridgehead atoms. The summed E-state index contributed by atoms with van der Waals surface area (Å²) in [5.74, 6) is 1.08. The van der Waals surface area contributed by atoms with Gasteiger partial charge in [0.1, 0.15) is 0 Å². The van der Waals surface area contributed by atoms with Crippen molar-refractivity contribution in [2.45, 2.75) is 25.7 Å². The summed E-state index contributed by atoms with van der Waals surface area (Å²) in [6.07, 6.45) is 8.76. The normalized spacial score (nSPS) is 30.7. The van der Waals surface area contributed by atoms with Crippen molar-refractivity contribution in [3.63, 3.8) is 0 Å². The van der Waals surface area contributed by atoms with Crippen LogP contribution in [0.2, 0.25) is 0 Å². The van der Waals surface area contributed by atoms with Gasteiger partial charge in [0.2, 0.25) is 11.8 Å². The highest BCUT2D eigenvalue weighted by Gasteiger charge is 2.58. The average Bonchev–Trinajstić information content (AvgIpc) is 3.10. The summed E-state index contributed by atoms with van der Waals surface area (Å²) in [6, 6.07) is 10.6. The Hall–Kier alpha value is -2.63. The van der Waals surface area contributed by atoms with Gasteiger partial charge in [-0.25, -0.2) is 0 Å². The molecule has 2 saturated carbocycles. The third kappa shape index (κ3) is 3.42. The molecule has 6 heteroatoms. The molecule has 4 aliphatic rings. The number of hydrogen-bond acceptors (Lipinski definition) is 3. The number of fused-ring (bicyclic) bond motifs is 5. The lowest BCUT2D eigenvalue weighted by molar-refractivity contribution is -0.140. The zero-order valence-electron chi connectivity index (χ0n) is 17.5. The lowest BCUT2D eigenvalue weighted by Gasteiger charge is -2.20. The van der Waals surface area contributed by atoms with Gasteiger partial charge in [-0.2, -0.15) is 0 Å². The minimum Gasteiger partial charge on any atom is -0.356 e. The summed E-state index contributed by atoms with van der Waals surface area (Å²) >= 11 is 0. The predicted octanol–water partition coefficient (Wildman–Crippen LogP) is 1.98. The molecule has 5 rings (SSSR count). The Kier molecular flexibility index (Phi) is 4.88. The largest absolute Gasteiger partial charge is 0.356 e. The van der Waals surface area contributed by atoms with Crippen LogP contribution in [0, 0.1) is 29.1 Å². The number of aliphatic imine (C=N–C) groups is 1. The Labute approximate surface area is 177 Å². The van der Waals surface area contributed by atoms with Gasteiger partial charge in [-0.3, -0.25) is 19.5 Å². The molecule has 4 atom stereocenters. The quantitative estimate of drug-likeness (QED) is 0.314. The van der Waals surface area contributed by atoms with Crippen LogP contribution in [0.15, 0.2) is 47.5 Å². The molecule has 1 aromatic carbocycles. The highest BCUT2D eigenvalue weighted by molar-refractivity contribution is 6.06. The zero-order chi connectivity index (χ0) is 20.7. The molecule has 3 fully saturated rings. The minimum atomic E-state index is -0.113. The van der Waals surface area contributed by atoms with Gasteiger partial charge in [-0.15, -0.1) is 0 Å². The average molecular weight is 407 g/mol. The van der Waals surface area contributed by atoms with E-state index in [1.165, 1.54) is 23.3 Å². The second-order valence-electron chi connectivity index (χ2n) is 9.34. The molecule has 0 spiro atoms. The molecule has 30 heavy (non-hydrogen) atoms. The van der Waals surface area contributed by atoms with Gasteiger partial charge in [-0.1, -0.05) is 42.5 Å². The number of benzene rings is 1. The SMILES string of the molecule is CN=C(NCCN1C(=O)C2C3C=CC(C3)C2C1=O)NCC1(Cc2ccccc2)CC1. The Bertz CT molecular complexity index is 860. The molecule has 3 aliphatic carbocycles. The van der Waals surface area contributed by atoms with E-state index in [0.717, 1.165) is 25.3 Å². The lowest BCUT2D eigenvalue weighted by atomic mass is 9.85. The fraction of sp³-hybridized carbons (Fsp3) is 0.542. The zero-order valence-corrected chi connectivity index (χ0v) is 17.5. The van der Waals surface area contributed by atoms with Crippen LogP contribution in [-0.2, 0) is 16.0 Å². The van der Waals surface area contributed by atoms with Crippen LogP contribution in [0.1, 0.15) is 24.8 Å². The van der Waals surface area contributed by atoms with E-state index in [1.807, 2.05) is 0 Å². The van der Waals surface area contributed by atoms with E-state index < -0.39 is 0 Å². The minimum absolute atomic E-state index is 0.0198. The predicted molar refractivity (Wildman–Crippen MR) is 116 cm³/mol. The first-order chi connectivity index (χ1) is 14.6. The lowest BCUT2D eigenvalue weighted by Crippen LogP contribution is -2.45. The fourth-order valence-corrected chi connectivity index (χ4v) is 5.58. The van der Waals surface area contributed by atoms with E-state index in [4.69, 9.17) is 0 Å². The van der Waals surface area contributed by atoms with Crippen molar-refractivity contribution in [1.82, 2.24) is 15.5 Å². The van der Waals surface area contributed by atoms with Gasteiger partial charge in [-0.05, 0) is 48.5 Å². The molecule has 2 amide bonds. The molecule has 0 radical (unpaired) electrons. The molecule has 158 valence electrons. The number of hydrogen-bond donors (Lipinski definition) is 2. The third-order valence-corrected chi connectivity index (χ3v) is 7.42. The summed E-state index contributed by atoms with van der Waals surface area (Å²) in [7, 11) is 1.76. The molecular formula is C24H30N4O2. The Morgan fingerprint density at radius 1 is 1.07 bits per heavy atom. The summed E-state index contributed by atoms with van der Waals surface area (Å²) in [5.41, 5.74) is 1.68. The number of carbonyl (C=O) groups is 2. The van der Waals surface area contributed by atoms with Crippen LogP contribution in [0.5, 0.6) is 0 Å². The summed E-state index contributed by atoms with van der Waals surface area (Å²) in [5, 5.41) is 6.73. The van der Waals surface area contributed by atoms with E-state index in [0.29, 0.717) is 18.5 Å². The maximum Gasteiger partial charge on any atom is 0.233 e. The fourth-order valence-electron chi connectivity index (χ4n) is 5.58. The summed E-state index contributed by atoms with van der Waals surface area (Å²) < 4.78 is 0. The Morgan fingerprint density at radius 3 is 2.33 bits per heavy atom. The maximum atomic E-state index is 12.8. The van der Waals surface area contributed by atoms with Crippen LogP contribution in [-0.4, -0.2) is 49.4 Å². The third-order valence-electron chi connectivity index (χ3n) is 7.42. The highest BCUT2D eigenvalue weighted by atomic mass is 16.2. The number of likely N-dealkylation sites (tertiary alicyclic amines) is 1. The first-order valence-electron chi connectivity index (χ1n) is 11.1. The van der Waals surface area contributed by atoms with Crippen molar-refractivity contribution in [3.8, 4) is 0 Å². The van der Waals surface area contributed by atoms with Crippen LogP contribution in [0.3, 0.4) is 0 Å². The van der Waals surface area contributed by atoms with Crippen LogP contribution in [0.4, 0.5) is 0 Å². The summed E-state index contributed by atoms with van der Waals surface area (Å²) in [4.78, 5) is 31.3. The Morgan fingerprint density at radius 2 is 1.73 bits per heavy atom. The van der Waals surface area contributed by atoms with Crippen molar-refractivity contribution in [3.05, 3.63) is 48.0 Å². The van der Waals surface area contributed by atoms with Gasteiger partial charge in [0.05, 0.1) is 11.8 Å². The monoisotopic (exact) mass is 406 g/mol. The number of nitrogens with one attached hydrogen (secondary N) is 2. The number of amides is 2. The molecule has 1 heterocycles. The van der Waals surface area contributed by atoms with Gasteiger partial charge in [0, 0.05) is 26.7 Å². The van der Waals surface area contributed by atoms with Crippen LogP contribution in [0.25, 0.3) is 0 Å². The molecule has 1 aliphatic heterocycles. The molecule has 2 N–H and O–H groups in total.